The van der Waals surface area contributed by atoms with Gasteiger partial charge in [0.15, 0.2) is 5.82 Å². The predicted molar refractivity (Wildman–Crippen MR) is 236 cm³/mol. The molecule has 4 aliphatic rings. The van der Waals surface area contributed by atoms with Crippen LogP contribution in [0.4, 0.5) is 18.0 Å². The lowest BCUT2D eigenvalue weighted by atomic mass is 9.85. The summed E-state index contributed by atoms with van der Waals surface area (Å²) >= 11 is 0. The molecule has 2 aliphatic carbocycles. The van der Waals surface area contributed by atoms with Gasteiger partial charge in [0.1, 0.15) is 40.8 Å². The molecule has 1 aromatic heterocycles. The van der Waals surface area contributed by atoms with Crippen LogP contribution < -0.4 is 24.2 Å². The molecule has 2 aliphatic heterocycles. The smallest absolute Gasteiger partial charge is 0.411 e. The van der Waals surface area contributed by atoms with E-state index in [1.54, 1.807) is 54.6 Å². The van der Waals surface area contributed by atoms with Gasteiger partial charge < -0.3 is 29.5 Å². The molecule has 4 amide bonds. The molecule has 3 N–H and O–H groups in total. The second kappa shape index (κ2) is 18.2. The number of rotatable bonds is 11. The third kappa shape index (κ3) is 9.88. The number of alkyl halides is 3. The fourth-order valence-corrected chi connectivity index (χ4v) is 10.4. The van der Waals surface area contributed by atoms with Crippen molar-refractivity contribution in [2.45, 2.75) is 133 Å². The van der Waals surface area contributed by atoms with E-state index in [2.05, 4.69) is 10.0 Å². The van der Waals surface area contributed by atoms with Crippen LogP contribution >= 0.6 is 0 Å². The number of amides is 4. The maximum atomic E-state index is 15.2. The highest BCUT2D eigenvalue weighted by atomic mass is 32.2. The minimum atomic E-state index is -5.12. The first kappa shape index (κ1) is 48.3. The van der Waals surface area contributed by atoms with Crippen molar-refractivity contribution >= 4 is 44.7 Å². The summed E-state index contributed by atoms with van der Waals surface area (Å²) in [6.07, 6.45) is -3.13. The predicted octanol–water partition coefficient (Wildman–Crippen LogP) is 6.63. The topological polar surface area (TPSA) is 207 Å². The number of nitrogens with zero attached hydrogens (tertiary/aromatic N) is 4. The zero-order valence-electron chi connectivity index (χ0n) is 37.9. The van der Waals surface area contributed by atoms with E-state index >= 15 is 4.79 Å². The van der Waals surface area contributed by atoms with Gasteiger partial charge in [0, 0.05) is 24.0 Å². The van der Waals surface area contributed by atoms with Gasteiger partial charge in [-0.2, -0.15) is 18.2 Å². The Morgan fingerprint density at radius 1 is 1.02 bits per heavy atom. The SMILES string of the molecule is COc1ccc2c(O[C@@H]3C[C@H]4C(=O)N[C@]5(C(=O)NS(=O)(=O)C6CC6)C[C@H]5C=CCC[C@H](C)C[C@@H](C)[C@H](N(C(=O)O)C(C)(C)C(F)(F)F)C(=O)N4C3)nc(-c3ccc(OC(C)C)cc3)nc2c1. The summed E-state index contributed by atoms with van der Waals surface area (Å²) < 4.78 is 90.6. The largest absolute Gasteiger partial charge is 0.497 e. The van der Waals surface area contributed by atoms with E-state index in [1.807, 2.05) is 20.8 Å². The van der Waals surface area contributed by atoms with Gasteiger partial charge in [-0.3, -0.25) is 24.0 Å². The fourth-order valence-electron chi connectivity index (χ4n) is 9.02. The lowest BCUT2D eigenvalue weighted by molar-refractivity contribution is -0.222. The molecule has 0 bridgehead atoms. The first-order chi connectivity index (χ1) is 30.9. The van der Waals surface area contributed by atoms with Gasteiger partial charge in [-0.15, -0.1) is 0 Å². The molecule has 66 heavy (non-hydrogen) atoms. The molecule has 3 heterocycles. The summed E-state index contributed by atoms with van der Waals surface area (Å²) in [6, 6.07) is 8.58. The van der Waals surface area contributed by atoms with Gasteiger partial charge in [-0.25, -0.2) is 18.2 Å². The summed E-state index contributed by atoms with van der Waals surface area (Å²) in [5.41, 5.74) is -3.81. The highest BCUT2D eigenvalue weighted by molar-refractivity contribution is 7.91. The number of carbonyl (C=O) groups excluding carboxylic acids is 3. The molecule has 16 nitrogen and oxygen atoms in total. The van der Waals surface area contributed by atoms with Gasteiger partial charge in [-0.1, -0.05) is 26.0 Å². The first-order valence-electron chi connectivity index (χ1n) is 22.2. The Morgan fingerprint density at radius 3 is 2.32 bits per heavy atom. The van der Waals surface area contributed by atoms with Crippen LogP contribution in [0.5, 0.6) is 17.4 Å². The Morgan fingerprint density at radius 2 is 1.70 bits per heavy atom. The van der Waals surface area contributed by atoms with Crippen LogP contribution in [0.15, 0.2) is 54.6 Å². The highest BCUT2D eigenvalue weighted by Crippen LogP contribution is 2.47. The third-order valence-corrected chi connectivity index (χ3v) is 14.8. The van der Waals surface area contributed by atoms with Crippen molar-refractivity contribution in [2.24, 2.45) is 17.8 Å². The number of benzene rings is 2. The Balaban J connectivity index is 1.31. The molecule has 0 unspecified atom stereocenters. The summed E-state index contributed by atoms with van der Waals surface area (Å²) in [5, 5.41) is 13.0. The van der Waals surface area contributed by atoms with E-state index < -0.39 is 92.9 Å². The van der Waals surface area contributed by atoms with Crippen molar-refractivity contribution in [3.63, 3.8) is 0 Å². The minimum absolute atomic E-state index is 0.0351. The molecule has 358 valence electrons. The monoisotopic (exact) mass is 942 g/mol. The van der Waals surface area contributed by atoms with Crippen molar-refractivity contribution in [1.82, 2.24) is 29.8 Å². The van der Waals surface area contributed by atoms with E-state index in [-0.39, 0.29) is 47.9 Å². The van der Waals surface area contributed by atoms with Crippen molar-refractivity contribution in [2.75, 3.05) is 13.7 Å². The van der Waals surface area contributed by atoms with Crippen molar-refractivity contribution < 1.29 is 60.1 Å². The number of hydrogen-bond acceptors (Lipinski definition) is 11. The summed E-state index contributed by atoms with van der Waals surface area (Å²) in [4.78, 5) is 67.7. The number of hydrogen-bond donors (Lipinski definition) is 3. The number of carbonyl (C=O) groups is 4. The number of methoxy groups -OCH3 is 1. The number of aromatic nitrogens is 2. The Bertz CT molecular complexity index is 2500. The van der Waals surface area contributed by atoms with Crippen LogP contribution in [0.2, 0.25) is 0 Å². The Labute approximate surface area is 381 Å². The van der Waals surface area contributed by atoms with Gasteiger partial charge in [0.25, 0.3) is 5.91 Å². The number of carboxylic acid groups (broad SMARTS) is 1. The van der Waals surface area contributed by atoms with Gasteiger partial charge in [-0.05, 0) is 114 Å². The standard InChI is InChI=1S/C46H57F3N6O10S/c1-25(2)64-30-14-12-28(13-15-30)38-50-35-21-31(63-7)16-19-34(35)40(51-38)65-32-22-36-39(56)52-45(42(58)53-66(61,62)33-17-18-33)23-29(45)11-9-8-10-26(3)20-27(4)37(41(57)54(36)24-32)55(43(59)60)44(5,6)46(47,48)49/h9,11-16,19,21,25-27,29,32-33,36-37H,8,10,17-18,20,22-24H2,1-7H3,(H,52,56)(H,53,58)(H,59,60)/t26-,27+,29+,32+,36-,37-,45+/m0/s1. The Kier molecular flexibility index (Phi) is 13.3. The van der Waals surface area contributed by atoms with Crippen LogP contribution in [0, 0.1) is 17.8 Å². The number of nitrogens with one attached hydrogen (secondary N) is 2. The molecule has 2 aromatic carbocycles. The second-order valence-electron chi connectivity index (χ2n) is 18.8. The molecule has 1 saturated heterocycles. The molecular weight excluding hydrogens is 886 g/mol. The van der Waals surface area contributed by atoms with E-state index in [0.29, 0.717) is 67.5 Å². The lowest BCUT2D eigenvalue weighted by Crippen LogP contribution is -2.66. The number of ether oxygens (including phenoxy) is 3. The van der Waals surface area contributed by atoms with Gasteiger partial charge in [0.05, 0.1) is 35.9 Å². The summed E-state index contributed by atoms with van der Waals surface area (Å²) in [7, 11) is -2.56. The van der Waals surface area contributed by atoms with Crippen molar-refractivity contribution in [3.05, 3.63) is 54.6 Å². The van der Waals surface area contributed by atoms with Crippen LogP contribution in [0.3, 0.4) is 0 Å². The minimum Gasteiger partial charge on any atom is -0.497 e. The average Bonchev–Trinajstić information content (AvgIpc) is 4.17. The van der Waals surface area contributed by atoms with Crippen molar-refractivity contribution in [3.8, 4) is 28.8 Å². The third-order valence-electron chi connectivity index (χ3n) is 13.0. The molecule has 2 saturated carbocycles. The number of sulfonamides is 1. The summed E-state index contributed by atoms with van der Waals surface area (Å²) in [6.45, 7) is 8.13. The normalized spacial score (nSPS) is 26.4. The quantitative estimate of drug-likeness (QED) is 0.173. The van der Waals surface area contributed by atoms with E-state index in [1.165, 1.54) is 14.0 Å². The van der Waals surface area contributed by atoms with E-state index in [9.17, 15) is 41.1 Å². The van der Waals surface area contributed by atoms with Crippen LogP contribution in [0.25, 0.3) is 22.3 Å². The number of fused-ring (bicyclic) bond motifs is 3. The molecule has 3 fully saturated rings. The number of halogens is 3. The van der Waals surface area contributed by atoms with Crippen LogP contribution in [0.1, 0.15) is 86.5 Å². The molecule has 0 radical (unpaired) electrons. The second-order valence-corrected chi connectivity index (χ2v) is 20.8. The maximum Gasteiger partial charge on any atom is 0.411 e. The molecule has 7 atom stereocenters. The number of allylic oxidation sites excluding steroid dienone is 1. The molecule has 20 heteroatoms. The average molecular weight is 943 g/mol. The van der Waals surface area contributed by atoms with Crippen molar-refractivity contribution in [1.29, 1.82) is 0 Å². The first-order valence-corrected chi connectivity index (χ1v) is 23.7. The van der Waals surface area contributed by atoms with Gasteiger partial charge in [0.2, 0.25) is 27.7 Å². The summed E-state index contributed by atoms with van der Waals surface area (Å²) in [5.74, 6) is -3.38. The van der Waals surface area contributed by atoms with E-state index in [0.717, 1.165) is 4.90 Å². The fraction of sp³-hybridized carbons (Fsp3) is 0.565. The highest BCUT2D eigenvalue weighted by Gasteiger charge is 2.63. The lowest BCUT2D eigenvalue weighted by Gasteiger charge is -2.45. The van der Waals surface area contributed by atoms with Gasteiger partial charge >= 0.3 is 12.3 Å². The molecule has 3 aromatic rings. The molecule has 0 spiro atoms. The zero-order valence-corrected chi connectivity index (χ0v) is 38.7. The molecular formula is C46H57F3N6O10S. The maximum absolute atomic E-state index is 15.2. The van der Waals surface area contributed by atoms with Crippen LogP contribution in [-0.2, 0) is 24.4 Å². The molecule has 7 rings (SSSR count). The van der Waals surface area contributed by atoms with E-state index in [4.69, 9.17) is 24.2 Å². The zero-order chi connectivity index (χ0) is 48.1. The Hall–Kier alpha value is -5.66. The van der Waals surface area contributed by atoms with Crippen LogP contribution in [-0.4, -0.2) is 118 Å².